The molecule has 0 aromatic rings. The van der Waals surface area contributed by atoms with Gasteiger partial charge < -0.3 is 19.8 Å². The molecule has 0 bridgehead atoms. The summed E-state index contributed by atoms with van der Waals surface area (Å²) >= 11 is 0. The molecule has 8 nitrogen and oxygen atoms in total. The number of carbonyl (C=O) groups is 1. The van der Waals surface area contributed by atoms with Crippen molar-refractivity contribution in [3.8, 4) is 0 Å². The fourth-order valence-corrected chi connectivity index (χ4v) is 6.87. The van der Waals surface area contributed by atoms with Crippen molar-refractivity contribution in [2.24, 2.45) is 0 Å². The molecule has 3 N–H and O–H groups in total. The highest BCUT2D eigenvalue weighted by Gasteiger charge is 2.27. The number of amides is 1. The molecule has 0 rings (SSSR count). The Morgan fingerprint density at radius 2 is 0.938 bits per heavy atom. The van der Waals surface area contributed by atoms with Gasteiger partial charge in [-0.2, -0.15) is 0 Å². The van der Waals surface area contributed by atoms with Crippen LogP contribution in [0.4, 0.5) is 0 Å². The lowest BCUT2D eigenvalue weighted by atomic mass is 10.1. The van der Waals surface area contributed by atoms with E-state index < -0.39 is 20.0 Å². The summed E-state index contributed by atoms with van der Waals surface area (Å²) in [6, 6.07) is -0.887. The lowest BCUT2D eigenvalue weighted by Crippen LogP contribution is -2.45. The zero-order chi connectivity index (χ0) is 47.8. The minimum atomic E-state index is -4.36. The number of unbranched alkanes of at least 4 members (excludes halogenated alkanes) is 10. The van der Waals surface area contributed by atoms with E-state index in [1.54, 1.807) is 6.08 Å². The van der Waals surface area contributed by atoms with Gasteiger partial charge in [-0.1, -0.05) is 186 Å². The van der Waals surface area contributed by atoms with Crippen molar-refractivity contribution >= 4 is 13.7 Å². The zero-order valence-corrected chi connectivity index (χ0v) is 42.6. The molecule has 9 heteroatoms. The number of carbonyl (C=O) groups excluding carboxylic acids is 1. The SMILES string of the molecule is CC/C=C\C/C=C\C/C=C\C/C=C\C/C=C\C/C=C\C/C=C\C/C=C\CCCCCCCCC(=O)NC(COP(=O)(O)OCC[N+](C)(C)C)C(O)/C=C/CC/C=C/CC/C=C/CCCC. The summed E-state index contributed by atoms with van der Waals surface area (Å²) in [6.07, 6.45) is 69.7. The fraction of sp³-hybridized carbons (Fsp3) is 0.589. The molecule has 0 aromatic carbocycles. The van der Waals surface area contributed by atoms with Gasteiger partial charge in [0.1, 0.15) is 13.2 Å². The molecule has 0 heterocycles. The summed E-state index contributed by atoms with van der Waals surface area (Å²) in [5.74, 6) is -0.215. The number of aliphatic hydroxyl groups excluding tert-OH is 1. The van der Waals surface area contributed by atoms with Gasteiger partial charge in [-0.3, -0.25) is 13.8 Å². The van der Waals surface area contributed by atoms with Gasteiger partial charge in [0, 0.05) is 6.42 Å². The minimum absolute atomic E-state index is 0.0422. The van der Waals surface area contributed by atoms with Crippen LogP contribution in [-0.4, -0.2) is 73.4 Å². The van der Waals surface area contributed by atoms with Crippen LogP contribution < -0.4 is 5.32 Å². The first-order valence-electron chi connectivity index (χ1n) is 25.1. The van der Waals surface area contributed by atoms with Crippen molar-refractivity contribution in [3.63, 3.8) is 0 Å². The molecular weight excluding hydrogens is 828 g/mol. The Balaban J connectivity index is 4.31. The number of allylic oxidation sites excluding steroid dienone is 21. The number of hydrogen-bond donors (Lipinski definition) is 3. The van der Waals surface area contributed by atoms with E-state index in [-0.39, 0.29) is 19.1 Å². The van der Waals surface area contributed by atoms with Crippen LogP contribution in [0.25, 0.3) is 0 Å². The van der Waals surface area contributed by atoms with Crippen LogP contribution in [0.3, 0.4) is 0 Å². The topological polar surface area (TPSA) is 105 Å². The molecule has 0 aliphatic rings. The first-order chi connectivity index (χ1) is 31.5. The Hall–Kier alpha value is -3.36. The Morgan fingerprint density at radius 1 is 0.538 bits per heavy atom. The number of phosphoric acid groups is 1. The van der Waals surface area contributed by atoms with Gasteiger partial charge in [0.05, 0.1) is 39.9 Å². The van der Waals surface area contributed by atoms with Crippen molar-refractivity contribution in [3.05, 3.63) is 134 Å². The summed E-state index contributed by atoms with van der Waals surface area (Å²) < 4.78 is 23.5. The summed E-state index contributed by atoms with van der Waals surface area (Å²) in [4.78, 5) is 23.2. The van der Waals surface area contributed by atoms with E-state index in [2.05, 4.69) is 141 Å². The van der Waals surface area contributed by atoms with Crippen molar-refractivity contribution in [1.29, 1.82) is 0 Å². The van der Waals surface area contributed by atoms with Crippen molar-refractivity contribution in [2.45, 2.75) is 174 Å². The maximum Gasteiger partial charge on any atom is 0.472 e. The van der Waals surface area contributed by atoms with Gasteiger partial charge in [-0.25, -0.2) is 4.57 Å². The lowest BCUT2D eigenvalue weighted by Gasteiger charge is -2.25. The van der Waals surface area contributed by atoms with Gasteiger partial charge in [0.25, 0.3) is 0 Å². The predicted octanol–water partition coefficient (Wildman–Crippen LogP) is 14.8. The molecule has 3 unspecified atom stereocenters. The highest BCUT2D eigenvalue weighted by Crippen LogP contribution is 2.43. The van der Waals surface area contributed by atoms with Gasteiger partial charge in [-0.05, 0) is 103 Å². The first kappa shape index (κ1) is 61.6. The Kier molecular flexibility index (Phi) is 43.4. The number of nitrogens with one attached hydrogen (secondary N) is 1. The Labute approximate surface area is 398 Å². The molecule has 65 heavy (non-hydrogen) atoms. The van der Waals surface area contributed by atoms with Crippen LogP contribution in [0, 0.1) is 0 Å². The molecule has 0 saturated carbocycles. The Morgan fingerprint density at radius 3 is 1.42 bits per heavy atom. The predicted molar refractivity (Wildman–Crippen MR) is 281 cm³/mol. The van der Waals surface area contributed by atoms with Crippen LogP contribution in [0.1, 0.15) is 162 Å². The number of nitrogens with zero attached hydrogens (tertiary/aromatic N) is 1. The van der Waals surface area contributed by atoms with Crippen LogP contribution in [0.2, 0.25) is 0 Å². The molecule has 0 spiro atoms. The van der Waals surface area contributed by atoms with E-state index in [1.807, 2.05) is 27.2 Å². The third kappa shape index (κ3) is 48.4. The summed E-state index contributed by atoms with van der Waals surface area (Å²) in [7, 11) is 1.51. The number of rotatable bonds is 43. The second kappa shape index (κ2) is 45.8. The molecule has 3 atom stereocenters. The van der Waals surface area contributed by atoms with E-state index in [0.717, 1.165) is 128 Å². The molecule has 1 amide bonds. The van der Waals surface area contributed by atoms with Gasteiger partial charge in [-0.15, -0.1) is 0 Å². The molecule has 0 radical (unpaired) electrons. The molecule has 368 valence electrons. The van der Waals surface area contributed by atoms with E-state index >= 15 is 0 Å². The highest BCUT2D eigenvalue weighted by molar-refractivity contribution is 7.47. The van der Waals surface area contributed by atoms with Crippen molar-refractivity contribution in [2.75, 3.05) is 40.9 Å². The second-order valence-electron chi connectivity index (χ2n) is 17.4. The van der Waals surface area contributed by atoms with Gasteiger partial charge in [0.2, 0.25) is 5.91 Å². The number of quaternary nitrogens is 1. The first-order valence-corrected chi connectivity index (χ1v) is 26.6. The average molecular weight is 922 g/mol. The quantitative estimate of drug-likeness (QED) is 0.0244. The number of hydrogen-bond acceptors (Lipinski definition) is 5. The van der Waals surface area contributed by atoms with Crippen molar-refractivity contribution in [1.82, 2.24) is 5.32 Å². The standard InChI is InChI=1S/C56H93N2O6P/c1-6-8-10-12-14-16-18-20-21-22-23-24-25-26-27-28-29-30-31-32-33-34-35-36-37-38-40-42-44-46-48-50-56(60)57-54(53-64-65(61,62)63-52-51-58(3,4)5)55(59)49-47-45-43-41-39-19-17-15-13-11-9-7-2/h8,10,13-16,20-21,23-24,26-27,29-30,32-33,35-36,39,41,47,49,54-55,59H,6-7,9,11-12,17-19,22,25,28,31,34,37-38,40,42-46,48,50-53H2,1-5H3,(H-,57,60,61,62)/p+1/b10-8-,15-13+,16-14-,21-20-,24-23-,27-26-,30-29-,33-32-,36-35-,41-39+,49-47+. The van der Waals surface area contributed by atoms with Gasteiger partial charge in [0.15, 0.2) is 0 Å². The number of phosphoric ester groups is 1. The van der Waals surface area contributed by atoms with E-state index in [4.69, 9.17) is 9.05 Å². The smallest absolute Gasteiger partial charge is 0.387 e. The summed E-state index contributed by atoms with van der Waals surface area (Å²) in [5, 5.41) is 13.8. The molecule has 0 aliphatic carbocycles. The lowest BCUT2D eigenvalue weighted by molar-refractivity contribution is -0.870. The van der Waals surface area contributed by atoms with Crippen LogP contribution in [-0.2, 0) is 18.4 Å². The molecule has 0 aromatic heterocycles. The van der Waals surface area contributed by atoms with Crippen LogP contribution in [0.15, 0.2) is 134 Å². The summed E-state index contributed by atoms with van der Waals surface area (Å²) in [6.45, 7) is 4.57. The molecule has 0 aliphatic heterocycles. The third-order valence-electron chi connectivity index (χ3n) is 10.1. The second-order valence-corrected chi connectivity index (χ2v) is 18.9. The summed E-state index contributed by atoms with van der Waals surface area (Å²) in [5.41, 5.74) is 0. The average Bonchev–Trinajstić information content (AvgIpc) is 3.26. The van der Waals surface area contributed by atoms with Crippen LogP contribution in [0.5, 0.6) is 0 Å². The van der Waals surface area contributed by atoms with Crippen LogP contribution >= 0.6 is 7.82 Å². The van der Waals surface area contributed by atoms with Crippen molar-refractivity contribution < 1.29 is 32.9 Å². The van der Waals surface area contributed by atoms with Gasteiger partial charge >= 0.3 is 7.82 Å². The minimum Gasteiger partial charge on any atom is -0.387 e. The third-order valence-corrected chi connectivity index (χ3v) is 11.1. The van der Waals surface area contributed by atoms with E-state index in [1.165, 1.54) is 12.8 Å². The fourth-order valence-electron chi connectivity index (χ4n) is 6.13. The molecule has 0 fully saturated rings. The Bertz CT molecular complexity index is 1510. The molecular formula is C56H94N2O6P+. The van der Waals surface area contributed by atoms with E-state index in [9.17, 15) is 19.4 Å². The maximum atomic E-state index is 12.9. The van der Waals surface area contributed by atoms with E-state index in [0.29, 0.717) is 17.4 Å². The monoisotopic (exact) mass is 922 g/mol. The number of aliphatic hydroxyl groups is 1. The normalized spacial score (nSPS) is 15.2. The largest absolute Gasteiger partial charge is 0.472 e. The maximum absolute atomic E-state index is 12.9. The highest BCUT2D eigenvalue weighted by atomic mass is 31.2. The molecule has 0 saturated heterocycles. The number of likely N-dealkylation sites (N-methyl/N-ethyl adjacent to an activating group) is 1. The zero-order valence-electron chi connectivity index (χ0n) is 41.7.